The average Bonchev–Trinajstić information content (AvgIpc) is 2.70. The number of rotatable bonds is 6. The highest BCUT2D eigenvalue weighted by Crippen LogP contribution is 2.24. The van der Waals surface area contributed by atoms with E-state index in [1.807, 2.05) is 0 Å². The largest absolute Gasteiger partial charge is 0.462 e. The fourth-order valence-electron chi connectivity index (χ4n) is 2.43. The molecule has 0 aliphatic carbocycles. The van der Waals surface area contributed by atoms with E-state index in [0.717, 1.165) is 0 Å². The van der Waals surface area contributed by atoms with Crippen molar-refractivity contribution in [2.45, 2.75) is 20.3 Å². The van der Waals surface area contributed by atoms with Crippen LogP contribution in [0.5, 0.6) is 17.2 Å². The third-order valence-electron chi connectivity index (χ3n) is 3.83. The topological polar surface area (TPSA) is 92.0 Å². The van der Waals surface area contributed by atoms with Gasteiger partial charge in [-0.3, -0.25) is 9.59 Å². The minimum atomic E-state index is -0.432. The lowest BCUT2D eigenvalue weighted by Crippen LogP contribution is -2.07. The second-order valence-electron chi connectivity index (χ2n) is 5.76. The highest BCUT2D eigenvalue weighted by atomic mass is 16.5. The summed E-state index contributed by atoms with van der Waals surface area (Å²) in [5.41, 5.74) is 0.286. The standard InChI is InChI=1S/C21H18O7/c1-3-19(22)28-15-9-10-16-17(11-15)26-12-18(20(16)23)27-14-7-5-13(6-8-14)21(24)25-4-2/h5-12H,3-4H2,1-2H3. The molecule has 2 aromatic carbocycles. The van der Waals surface area contributed by atoms with Gasteiger partial charge >= 0.3 is 11.9 Å². The van der Waals surface area contributed by atoms with Crippen molar-refractivity contribution in [3.05, 3.63) is 64.5 Å². The minimum Gasteiger partial charge on any atom is -0.462 e. The molecule has 1 heterocycles. The van der Waals surface area contributed by atoms with E-state index in [4.69, 9.17) is 18.6 Å². The first-order chi connectivity index (χ1) is 13.5. The van der Waals surface area contributed by atoms with Crippen LogP contribution in [0.15, 0.2) is 57.9 Å². The van der Waals surface area contributed by atoms with Gasteiger partial charge in [-0.15, -0.1) is 0 Å². The Labute approximate surface area is 160 Å². The zero-order chi connectivity index (χ0) is 20.1. The van der Waals surface area contributed by atoms with E-state index in [1.165, 1.54) is 24.5 Å². The van der Waals surface area contributed by atoms with Crippen LogP contribution < -0.4 is 14.9 Å². The van der Waals surface area contributed by atoms with Crippen LogP contribution in [0.4, 0.5) is 0 Å². The van der Waals surface area contributed by atoms with Crippen molar-refractivity contribution in [1.29, 1.82) is 0 Å². The van der Waals surface area contributed by atoms with Crippen molar-refractivity contribution in [1.82, 2.24) is 0 Å². The summed E-state index contributed by atoms with van der Waals surface area (Å²) in [6.45, 7) is 3.70. The second kappa shape index (κ2) is 8.39. The molecule has 0 aliphatic rings. The molecule has 0 amide bonds. The number of benzene rings is 2. The Morgan fingerprint density at radius 3 is 2.39 bits per heavy atom. The molecule has 0 radical (unpaired) electrons. The maximum absolute atomic E-state index is 12.6. The Bertz CT molecular complexity index is 1060. The molecule has 3 aromatic rings. The van der Waals surface area contributed by atoms with Crippen LogP contribution in [0.1, 0.15) is 30.6 Å². The summed E-state index contributed by atoms with van der Waals surface area (Å²) >= 11 is 0. The van der Waals surface area contributed by atoms with Gasteiger partial charge in [0.05, 0.1) is 17.6 Å². The molecule has 7 heteroatoms. The van der Waals surface area contributed by atoms with Crippen LogP contribution in [0.25, 0.3) is 11.0 Å². The lowest BCUT2D eigenvalue weighted by Gasteiger charge is -2.07. The summed E-state index contributed by atoms with van der Waals surface area (Å²) in [4.78, 5) is 35.7. The summed E-state index contributed by atoms with van der Waals surface area (Å²) in [6.07, 6.45) is 1.43. The summed E-state index contributed by atoms with van der Waals surface area (Å²) < 4.78 is 21.1. The minimum absolute atomic E-state index is 0.00492. The summed E-state index contributed by atoms with van der Waals surface area (Å²) in [6, 6.07) is 10.7. The molecule has 0 N–H and O–H groups in total. The van der Waals surface area contributed by atoms with Gasteiger partial charge in [0.2, 0.25) is 11.2 Å². The smallest absolute Gasteiger partial charge is 0.338 e. The highest BCUT2D eigenvalue weighted by molar-refractivity contribution is 5.89. The van der Waals surface area contributed by atoms with Crippen molar-refractivity contribution in [2.24, 2.45) is 0 Å². The zero-order valence-corrected chi connectivity index (χ0v) is 15.4. The Morgan fingerprint density at radius 2 is 1.71 bits per heavy atom. The number of fused-ring (bicyclic) bond motifs is 1. The van der Waals surface area contributed by atoms with Crippen LogP contribution in [0, 0.1) is 0 Å². The van der Waals surface area contributed by atoms with Crippen LogP contribution >= 0.6 is 0 Å². The van der Waals surface area contributed by atoms with Crippen molar-refractivity contribution in [3.8, 4) is 17.2 Å². The van der Waals surface area contributed by atoms with E-state index in [9.17, 15) is 14.4 Å². The predicted molar refractivity (Wildman–Crippen MR) is 101 cm³/mol. The molecule has 0 saturated carbocycles. The van der Waals surface area contributed by atoms with Gasteiger partial charge in [-0.25, -0.2) is 4.79 Å². The van der Waals surface area contributed by atoms with E-state index in [2.05, 4.69) is 0 Å². The number of hydrogen-bond acceptors (Lipinski definition) is 7. The number of carbonyl (C=O) groups excluding carboxylic acids is 2. The molecule has 7 nitrogen and oxygen atoms in total. The van der Waals surface area contributed by atoms with Crippen LogP contribution in [-0.4, -0.2) is 18.5 Å². The Hall–Kier alpha value is -3.61. The van der Waals surface area contributed by atoms with E-state index in [0.29, 0.717) is 17.1 Å². The summed E-state index contributed by atoms with van der Waals surface area (Å²) in [5, 5.41) is 0.289. The van der Waals surface area contributed by atoms with Crippen LogP contribution in [-0.2, 0) is 9.53 Å². The first-order valence-electron chi connectivity index (χ1n) is 8.73. The molecule has 0 saturated heterocycles. The fourth-order valence-corrected chi connectivity index (χ4v) is 2.43. The van der Waals surface area contributed by atoms with Gasteiger partial charge in [-0.2, -0.15) is 0 Å². The second-order valence-corrected chi connectivity index (χ2v) is 5.76. The van der Waals surface area contributed by atoms with E-state index in [1.54, 1.807) is 38.1 Å². The first kappa shape index (κ1) is 19.2. The molecule has 1 aromatic heterocycles. The van der Waals surface area contributed by atoms with Crippen LogP contribution in [0.3, 0.4) is 0 Å². The molecule has 0 unspecified atom stereocenters. The SMILES string of the molecule is CCOC(=O)c1ccc(Oc2coc3cc(OC(=O)CC)ccc3c2=O)cc1. The van der Waals surface area contributed by atoms with E-state index < -0.39 is 5.97 Å². The molecular weight excluding hydrogens is 364 g/mol. The van der Waals surface area contributed by atoms with E-state index in [-0.39, 0.29) is 41.1 Å². The number of esters is 2. The molecule has 3 rings (SSSR count). The molecular formula is C21H18O7. The molecule has 0 atom stereocenters. The zero-order valence-electron chi connectivity index (χ0n) is 15.4. The van der Waals surface area contributed by atoms with Crippen LogP contribution in [0.2, 0.25) is 0 Å². The Morgan fingerprint density at radius 1 is 1.00 bits per heavy atom. The van der Waals surface area contributed by atoms with Crippen molar-refractivity contribution in [2.75, 3.05) is 6.61 Å². The van der Waals surface area contributed by atoms with Gasteiger partial charge in [-0.1, -0.05) is 6.92 Å². The normalized spacial score (nSPS) is 10.5. The van der Waals surface area contributed by atoms with Crippen molar-refractivity contribution < 1.29 is 28.2 Å². The van der Waals surface area contributed by atoms with E-state index >= 15 is 0 Å². The Balaban J connectivity index is 1.83. The lowest BCUT2D eigenvalue weighted by molar-refractivity contribution is -0.134. The molecule has 144 valence electrons. The molecule has 0 bridgehead atoms. The highest BCUT2D eigenvalue weighted by Gasteiger charge is 2.12. The molecule has 28 heavy (non-hydrogen) atoms. The van der Waals surface area contributed by atoms with Gasteiger partial charge < -0.3 is 18.6 Å². The summed E-state index contributed by atoms with van der Waals surface area (Å²) in [5.74, 6) is -0.152. The number of ether oxygens (including phenoxy) is 3. The summed E-state index contributed by atoms with van der Waals surface area (Å²) in [7, 11) is 0. The van der Waals surface area contributed by atoms with Gasteiger partial charge in [0.1, 0.15) is 23.3 Å². The predicted octanol–water partition coefficient (Wildman–Crippen LogP) is 4.08. The van der Waals surface area contributed by atoms with Gasteiger partial charge in [0.25, 0.3) is 0 Å². The van der Waals surface area contributed by atoms with Crippen molar-refractivity contribution in [3.63, 3.8) is 0 Å². The molecule has 0 spiro atoms. The fraction of sp³-hybridized carbons (Fsp3) is 0.190. The number of hydrogen-bond donors (Lipinski definition) is 0. The Kier molecular flexibility index (Phi) is 5.74. The maximum atomic E-state index is 12.6. The third-order valence-corrected chi connectivity index (χ3v) is 3.83. The van der Waals surface area contributed by atoms with Gasteiger partial charge in [-0.05, 0) is 43.3 Å². The quantitative estimate of drug-likeness (QED) is 0.468. The average molecular weight is 382 g/mol. The maximum Gasteiger partial charge on any atom is 0.338 e. The van der Waals surface area contributed by atoms with Gasteiger partial charge in [0, 0.05) is 12.5 Å². The first-order valence-corrected chi connectivity index (χ1v) is 8.73. The van der Waals surface area contributed by atoms with Gasteiger partial charge in [0.15, 0.2) is 0 Å². The van der Waals surface area contributed by atoms with Crippen molar-refractivity contribution >= 4 is 22.9 Å². The third kappa shape index (κ3) is 4.20. The number of carbonyl (C=O) groups is 2. The monoisotopic (exact) mass is 382 g/mol. The lowest BCUT2D eigenvalue weighted by atomic mass is 10.2. The molecule has 0 aliphatic heterocycles. The molecule has 0 fully saturated rings.